The Bertz CT molecular complexity index is 1180. The molecule has 1 aromatic carbocycles. The maximum atomic E-state index is 14.5. The second-order valence-electron chi connectivity index (χ2n) is 8.26. The number of halogens is 1. The Morgan fingerprint density at radius 3 is 2.78 bits per heavy atom. The van der Waals surface area contributed by atoms with Gasteiger partial charge in [-0.2, -0.15) is 0 Å². The van der Waals surface area contributed by atoms with E-state index in [0.717, 1.165) is 5.56 Å². The normalized spacial score (nSPS) is 29.6. The number of likely N-dealkylation sites (N-methyl/N-ethyl adjacent to an activating group) is 2. The molecule has 6 nitrogen and oxygen atoms in total. The van der Waals surface area contributed by atoms with Gasteiger partial charge in [-0.3, -0.25) is 24.4 Å². The number of anilines is 1. The van der Waals surface area contributed by atoms with Gasteiger partial charge in [0.2, 0.25) is 5.91 Å². The van der Waals surface area contributed by atoms with Crippen LogP contribution in [0.1, 0.15) is 17.0 Å². The van der Waals surface area contributed by atoms with Crippen LogP contribution < -0.4 is 4.90 Å². The molecule has 4 heterocycles. The fraction of sp³-hybridized carbons (Fsp3) is 0.304. The summed E-state index contributed by atoms with van der Waals surface area (Å²) in [4.78, 5) is 37.5. The van der Waals surface area contributed by atoms with Crippen molar-refractivity contribution in [1.82, 2.24) is 14.8 Å². The van der Waals surface area contributed by atoms with Gasteiger partial charge in [-0.05, 0) is 36.9 Å². The standard InChI is InChI=1S/C23H21FN4O2S2/c1-4-10-28-20(30)23(32-21(28)31)17(14-6-5-9-25-12-14)13-26(2)22(23)16-11-15(24)7-8-18(16)27(3)19(22)29/h4-9,11-12,17H,1,10,13H2,2-3H3/t17-,22-,23+/m1/s1. The number of amides is 2. The SMILES string of the molecule is C=CCN1C(=O)[C@@]2(SC1=S)[C@@H](c1cccnc1)CN(C)[C@]21C(=O)N(C)c2ccc(F)cc21. The summed E-state index contributed by atoms with van der Waals surface area (Å²) in [6.07, 6.45) is 5.01. The molecular weight excluding hydrogens is 447 g/mol. The van der Waals surface area contributed by atoms with Crippen molar-refractivity contribution >= 4 is 45.8 Å². The second kappa shape index (κ2) is 7.19. The molecule has 2 saturated heterocycles. The van der Waals surface area contributed by atoms with E-state index in [1.165, 1.54) is 33.7 Å². The first kappa shape index (κ1) is 21.2. The highest BCUT2D eigenvalue weighted by Gasteiger charge is 2.78. The van der Waals surface area contributed by atoms with Gasteiger partial charge in [-0.1, -0.05) is 36.1 Å². The number of carbonyl (C=O) groups excluding carboxylic acids is 2. The van der Waals surface area contributed by atoms with Gasteiger partial charge in [0.15, 0.2) is 5.54 Å². The van der Waals surface area contributed by atoms with Gasteiger partial charge < -0.3 is 4.90 Å². The van der Waals surface area contributed by atoms with Crippen molar-refractivity contribution in [2.75, 3.05) is 32.1 Å². The number of benzene rings is 1. The van der Waals surface area contributed by atoms with Crippen molar-refractivity contribution in [2.24, 2.45) is 0 Å². The monoisotopic (exact) mass is 468 g/mol. The van der Waals surface area contributed by atoms with Crippen LogP contribution in [-0.2, 0) is 15.1 Å². The molecule has 0 aliphatic carbocycles. The Balaban J connectivity index is 1.85. The third kappa shape index (κ3) is 2.39. The van der Waals surface area contributed by atoms with Crippen molar-refractivity contribution < 1.29 is 14.0 Å². The molecule has 2 fully saturated rings. The van der Waals surface area contributed by atoms with Crippen molar-refractivity contribution in [3.8, 4) is 0 Å². The zero-order valence-electron chi connectivity index (χ0n) is 17.6. The number of thioether (sulfide) groups is 1. The van der Waals surface area contributed by atoms with Crippen LogP contribution in [0.25, 0.3) is 0 Å². The van der Waals surface area contributed by atoms with E-state index in [-0.39, 0.29) is 18.4 Å². The lowest BCUT2D eigenvalue weighted by atomic mass is 9.72. The molecule has 2 aromatic rings. The van der Waals surface area contributed by atoms with Crippen LogP contribution in [0.3, 0.4) is 0 Å². The van der Waals surface area contributed by atoms with Crippen molar-refractivity contribution in [3.05, 3.63) is 72.3 Å². The van der Waals surface area contributed by atoms with Crippen LogP contribution in [0.4, 0.5) is 10.1 Å². The zero-order valence-corrected chi connectivity index (χ0v) is 19.3. The van der Waals surface area contributed by atoms with E-state index < -0.39 is 22.0 Å². The lowest BCUT2D eigenvalue weighted by Crippen LogP contribution is -2.62. The summed E-state index contributed by atoms with van der Waals surface area (Å²) in [7, 11) is 3.48. The summed E-state index contributed by atoms with van der Waals surface area (Å²) in [6, 6.07) is 8.04. The van der Waals surface area contributed by atoms with E-state index in [4.69, 9.17) is 12.2 Å². The molecule has 5 rings (SSSR count). The van der Waals surface area contributed by atoms with Gasteiger partial charge in [0.25, 0.3) is 5.91 Å². The minimum Gasteiger partial charge on any atom is -0.313 e. The molecule has 3 aliphatic heterocycles. The smallest absolute Gasteiger partial charge is 0.254 e. The van der Waals surface area contributed by atoms with Crippen LogP contribution in [-0.4, -0.2) is 62.9 Å². The third-order valence-electron chi connectivity index (χ3n) is 6.81. The highest BCUT2D eigenvalue weighted by molar-refractivity contribution is 8.25. The first-order valence-electron chi connectivity index (χ1n) is 10.2. The molecule has 0 radical (unpaired) electrons. The van der Waals surface area contributed by atoms with E-state index in [9.17, 15) is 14.0 Å². The number of hydrogen-bond donors (Lipinski definition) is 0. The van der Waals surface area contributed by atoms with Crippen LogP contribution in [0, 0.1) is 5.82 Å². The Labute approximate surface area is 195 Å². The number of likely N-dealkylation sites (tertiary alicyclic amines) is 1. The third-order valence-corrected chi connectivity index (χ3v) is 8.75. The molecule has 9 heteroatoms. The summed E-state index contributed by atoms with van der Waals surface area (Å²) >= 11 is 6.86. The number of carbonyl (C=O) groups is 2. The van der Waals surface area contributed by atoms with Crippen LogP contribution in [0.5, 0.6) is 0 Å². The minimum absolute atomic E-state index is 0.242. The number of nitrogens with zero attached hydrogens (tertiary/aromatic N) is 4. The molecule has 164 valence electrons. The van der Waals surface area contributed by atoms with Crippen LogP contribution in [0.15, 0.2) is 55.4 Å². The molecule has 0 saturated carbocycles. The Hall–Kier alpha value is -2.62. The van der Waals surface area contributed by atoms with Crippen LogP contribution in [0.2, 0.25) is 0 Å². The zero-order chi connectivity index (χ0) is 22.8. The quantitative estimate of drug-likeness (QED) is 0.510. The van der Waals surface area contributed by atoms with E-state index in [0.29, 0.717) is 22.1 Å². The fourth-order valence-electron chi connectivity index (χ4n) is 5.54. The van der Waals surface area contributed by atoms with Gasteiger partial charge in [-0.15, -0.1) is 6.58 Å². The lowest BCUT2D eigenvalue weighted by Gasteiger charge is -2.42. The summed E-state index contributed by atoms with van der Waals surface area (Å²) < 4.78 is 13.6. The molecule has 3 atom stereocenters. The molecular formula is C23H21FN4O2S2. The summed E-state index contributed by atoms with van der Waals surface area (Å²) in [5, 5.41) is 0. The molecule has 0 bridgehead atoms. The topological polar surface area (TPSA) is 56.8 Å². The minimum atomic E-state index is -1.42. The van der Waals surface area contributed by atoms with Crippen molar-refractivity contribution in [3.63, 3.8) is 0 Å². The van der Waals surface area contributed by atoms with Gasteiger partial charge in [0.1, 0.15) is 14.9 Å². The van der Waals surface area contributed by atoms with E-state index in [1.54, 1.807) is 31.6 Å². The first-order valence-corrected chi connectivity index (χ1v) is 11.4. The predicted molar refractivity (Wildman–Crippen MR) is 126 cm³/mol. The summed E-state index contributed by atoms with van der Waals surface area (Å²) in [5.41, 5.74) is 0.501. The molecule has 32 heavy (non-hydrogen) atoms. The molecule has 1 aromatic heterocycles. The van der Waals surface area contributed by atoms with Gasteiger partial charge in [-0.25, -0.2) is 4.39 Å². The number of hydrogen-bond acceptors (Lipinski definition) is 6. The Kier molecular flexibility index (Phi) is 4.77. The van der Waals surface area contributed by atoms with Crippen molar-refractivity contribution in [1.29, 1.82) is 0 Å². The average molecular weight is 469 g/mol. The summed E-state index contributed by atoms with van der Waals surface area (Å²) in [5.74, 6) is -1.38. The van der Waals surface area contributed by atoms with E-state index in [2.05, 4.69) is 11.6 Å². The average Bonchev–Trinajstić information content (AvgIpc) is 3.28. The number of thiocarbonyl (C=S) groups is 1. The second-order valence-corrected chi connectivity index (χ2v) is 10.1. The highest BCUT2D eigenvalue weighted by atomic mass is 32.2. The fourth-order valence-corrected chi connectivity index (χ4v) is 7.68. The molecule has 0 unspecified atom stereocenters. The molecule has 2 spiro atoms. The first-order chi connectivity index (χ1) is 15.3. The highest BCUT2D eigenvalue weighted by Crippen LogP contribution is 2.66. The maximum Gasteiger partial charge on any atom is 0.254 e. The van der Waals surface area contributed by atoms with Gasteiger partial charge in [0, 0.05) is 49.7 Å². The number of rotatable bonds is 3. The molecule has 3 aliphatic rings. The lowest BCUT2D eigenvalue weighted by molar-refractivity contribution is -0.138. The number of fused-ring (bicyclic) bond motifs is 3. The van der Waals surface area contributed by atoms with E-state index >= 15 is 0 Å². The molecule has 2 amide bonds. The van der Waals surface area contributed by atoms with Crippen LogP contribution >= 0.6 is 24.0 Å². The Morgan fingerprint density at radius 2 is 2.09 bits per heavy atom. The van der Waals surface area contributed by atoms with Gasteiger partial charge in [0.05, 0.1) is 0 Å². The van der Waals surface area contributed by atoms with Crippen molar-refractivity contribution in [2.45, 2.75) is 16.2 Å². The van der Waals surface area contributed by atoms with E-state index in [1.807, 2.05) is 24.1 Å². The number of pyridine rings is 1. The number of aromatic nitrogens is 1. The maximum absolute atomic E-state index is 14.5. The predicted octanol–water partition coefficient (Wildman–Crippen LogP) is 2.91. The summed E-state index contributed by atoms with van der Waals surface area (Å²) in [6.45, 7) is 4.41. The Morgan fingerprint density at radius 1 is 1.31 bits per heavy atom. The largest absolute Gasteiger partial charge is 0.313 e. The van der Waals surface area contributed by atoms with Gasteiger partial charge >= 0.3 is 0 Å². The molecule has 0 N–H and O–H groups in total.